The summed E-state index contributed by atoms with van der Waals surface area (Å²) in [5, 5.41) is 0.233. The highest BCUT2D eigenvalue weighted by molar-refractivity contribution is 9.10. The second kappa shape index (κ2) is 5.21. The van der Waals surface area contributed by atoms with Crippen molar-refractivity contribution in [3.05, 3.63) is 46.4 Å². The second-order valence-electron chi connectivity index (χ2n) is 3.26. The van der Waals surface area contributed by atoms with Gasteiger partial charge in [-0.15, -0.1) is 0 Å². The lowest BCUT2D eigenvalue weighted by molar-refractivity contribution is 0.601. The third kappa shape index (κ3) is 2.98. The number of anilines is 1. The highest BCUT2D eigenvalue weighted by atomic mass is 79.9. The quantitative estimate of drug-likeness (QED) is 0.866. The van der Waals surface area contributed by atoms with Crippen LogP contribution >= 0.6 is 27.5 Å². The molecule has 2 aromatic rings. The normalized spacial score (nSPS) is 11.2. The Hall–Kier alpha value is -1.18. The van der Waals surface area contributed by atoms with E-state index in [0.29, 0.717) is 10.3 Å². The van der Waals surface area contributed by atoms with Crippen LogP contribution in [0, 0.1) is 0 Å². The van der Waals surface area contributed by atoms with E-state index in [1.165, 1.54) is 18.3 Å². The summed E-state index contributed by atoms with van der Waals surface area (Å²) in [6, 6.07) is 6.01. The third-order valence-electron chi connectivity index (χ3n) is 2.01. The molecule has 2 heterocycles. The van der Waals surface area contributed by atoms with Gasteiger partial charge in [0.15, 0.2) is 0 Å². The van der Waals surface area contributed by atoms with E-state index in [1.54, 1.807) is 18.3 Å². The van der Waals surface area contributed by atoms with Crippen molar-refractivity contribution in [2.24, 2.45) is 0 Å². The first kappa shape index (κ1) is 13.3. The number of hydrogen-bond acceptors (Lipinski definition) is 4. The topological polar surface area (TPSA) is 72.0 Å². The molecule has 0 aromatic carbocycles. The van der Waals surface area contributed by atoms with E-state index in [2.05, 4.69) is 30.6 Å². The minimum atomic E-state index is -3.69. The lowest BCUT2D eigenvalue weighted by Crippen LogP contribution is -2.13. The standard InChI is InChI=1S/C10H7BrClN3O2S/c11-10-8(2-1-5-13-10)15-18(16,17)7-3-4-9(12)14-6-7/h1-6,15H. The number of halogens is 2. The Balaban J connectivity index is 2.33. The van der Waals surface area contributed by atoms with Crippen LogP contribution in [0.1, 0.15) is 0 Å². The molecule has 18 heavy (non-hydrogen) atoms. The maximum atomic E-state index is 12.0. The monoisotopic (exact) mass is 347 g/mol. The van der Waals surface area contributed by atoms with Gasteiger partial charge in [0.2, 0.25) is 0 Å². The first-order chi connectivity index (χ1) is 8.49. The zero-order chi connectivity index (χ0) is 13.2. The van der Waals surface area contributed by atoms with Crippen molar-refractivity contribution in [1.29, 1.82) is 0 Å². The molecule has 0 atom stereocenters. The lowest BCUT2D eigenvalue weighted by Gasteiger charge is -2.08. The zero-order valence-corrected chi connectivity index (χ0v) is 12.0. The van der Waals surface area contributed by atoms with Gasteiger partial charge in [0.05, 0.1) is 5.69 Å². The summed E-state index contributed by atoms with van der Waals surface area (Å²) in [4.78, 5) is 7.68. The summed E-state index contributed by atoms with van der Waals surface area (Å²) >= 11 is 8.76. The molecule has 0 spiro atoms. The summed E-state index contributed by atoms with van der Waals surface area (Å²) in [5.74, 6) is 0. The molecule has 0 radical (unpaired) electrons. The van der Waals surface area contributed by atoms with Crippen molar-refractivity contribution in [3.8, 4) is 0 Å². The first-order valence-corrected chi connectivity index (χ1v) is 7.39. The van der Waals surface area contributed by atoms with Gasteiger partial charge in [0.1, 0.15) is 14.7 Å². The molecule has 0 aliphatic rings. The number of sulfonamides is 1. The molecule has 94 valence electrons. The lowest BCUT2D eigenvalue weighted by atomic mass is 10.4. The summed E-state index contributed by atoms with van der Waals surface area (Å²) in [6.45, 7) is 0. The van der Waals surface area contributed by atoms with Crippen LogP contribution in [-0.4, -0.2) is 18.4 Å². The van der Waals surface area contributed by atoms with Crippen molar-refractivity contribution in [3.63, 3.8) is 0 Å². The molecule has 2 aromatic heterocycles. The average Bonchev–Trinajstić information content (AvgIpc) is 2.32. The summed E-state index contributed by atoms with van der Waals surface area (Å²) in [6.07, 6.45) is 2.74. The molecule has 0 aliphatic heterocycles. The van der Waals surface area contributed by atoms with Gasteiger partial charge < -0.3 is 0 Å². The molecule has 2 rings (SSSR count). The Morgan fingerprint density at radius 1 is 1.22 bits per heavy atom. The number of pyridine rings is 2. The zero-order valence-electron chi connectivity index (χ0n) is 8.84. The van der Waals surface area contributed by atoms with Crippen LogP contribution in [0.15, 0.2) is 46.2 Å². The number of nitrogens with one attached hydrogen (secondary N) is 1. The highest BCUT2D eigenvalue weighted by Gasteiger charge is 2.16. The van der Waals surface area contributed by atoms with Gasteiger partial charge in [-0.1, -0.05) is 11.6 Å². The predicted molar refractivity (Wildman–Crippen MR) is 72.0 cm³/mol. The van der Waals surface area contributed by atoms with Gasteiger partial charge in [0.25, 0.3) is 10.0 Å². The maximum absolute atomic E-state index is 12.0. The minimum absolute atomic E-state index is 0.0302. The molecule has 8 heteroatoms. The van der Waals surface area contributed by atoms with Crippen molar-refractivity contribution in [2.45, 2.75) is 4.90 Å². The van der Waals surface area contributed by atoms with E-state index in [0.717, 1.165) is 0 Å². The van der Waals surface area contributed by atoms with Crippen LogP contribution in [-0.2, 0) is 10.0 Å². The summed E-state index contributed by atoms with van der Waals surface area (Å²) in [5.41, 5.74) is 0.354. The maximum Gasteiger partial charge on any atom is 0.263 e. The molecule has 0 bridgehead atoms. The summed E-state index contributed by atoms with van der Waals surface area (Å²) < 4.78 is 26.9. The summed E-state index contributed by atoms with van der Waals surface area (Å²) in [7, 11) is -3.69. The van der Waals surface area contributed by atoms with Crippen LogP contribution in [0.4, 0.5) is 5.69 Å². The molecule has 1 N–H and O–H groups in total. The van der Waals surface area contributed by atoms with Gasteiger partial charge in [0, 0.05) is 12.4 Å². The molecule has 0 saturated carbocycles. The van der Waals surface area contributed by atoms with Crippen LogP contribution in [0.3, 0.4) is 0 Å². The van der Waals surface area contributed by atoms with E-state index >= 15 is 0 Å². The fraction of sp³-hybridized carbons (Fsp3) is 0. The van der Waals surface area contributed by atoms with E-state index < -0.39 is 10.0 Å². The van der Waals surface area contributed by atoms with Crippen LogP contribution in [0.5, 0.6) is 0 Å². The van der Waals surface area contributed by atoms with Crippen molar-refractivity contribution in [2.75, 3.05) is 4.72 Å². The smallest absolute Gasteiger partial charge is 0.263 e. The molecule has 0 saturated heterocycles. The molecule has 0 aliphatic carbocycles. The number of hydrogen-bond donors (Lipinski definition) is 1. The van der Waals surface area contributed by atoms with Gasteiger partial charge in [-0.05, 0) is 40.2 Å². The van der Waals surface area contributed by atoms with Crippen molar-refractivity contribution < 1.29 is 8.42 Å². The van der Waals surface area contributed by atoms with E-state index in [-0.39, 0.29) is 10.0 Å². The van der Waals surface area contributed by atoms with Gasteiger partial charge in [-0.3, -0.25) is 4.72 Å². The second-order valence-corrected chi connectivity index (χ2v) is 6.08. The molecule has 0 fully saturated rings. The fourth-order valence-electron chi connectivity index (χ4n) is 1.19. The van der Waals surface area contributed by atoms with Crippen LogP contribution < -0.4 is 4.72 Å². The van der Waals surface area contributed by atoms with Crippen molar-refractivity contribution >= 4 is 43.2 Å². The fourth-order valence-corrected chi connectivity index (χ4v) is 2.79. The first-order valence-electron chi connectivity index (χ1n) is 4.74. The number of aromatic nitrogens is 2. The SMILES string of the molecule is O=S(=O)(Nc1cccnc1Br)c1ccc(Cl)nc1. The van der Waals surface area contributed by atoms with Gasteiger partial charge in [-0.2, -0.15) is 0 Å². The predicted octanol–water partition coefficient (Wildman–Crippen LogP) is 2.69. The molecule has 0 amide bonds. The van der Waals surface area contributed by atoms with E-state index in [4.69, 9.17) is 11.6 Å². The number of rotatable bonds is 3. The van der Waals surface area contributed by atoms with Crippen molar-refractivity contribution in [1.82, 2.24) is 9.97 Å². The van der Waals surface area contributed by atoms with Gasteiger partial charge in [-0.25, -0.2) is 18.4 Å². The van der Waals surface area contributed by atoms with Gasteiger partial charge >= 0.3 is 0 Å². The number of nitrogens with zero attached hydrogens (tertiary/aromatic N) is 2. The Bertz CT molecular complexity index is 661. The van der Waals surface area contributed by atoms with E-state index in [9.17, 15) is 8.42 Å². The molecule has 5 nitrogen and oxygen atoms in total. The Kier molecular flexibility index (Phi) is 3.84. The average molecular weight is 349 g/mol. The van der Waals surface area contributed by atoms with Crippen LogP contribution in [0.25, 0.3) is 0 Å². The minimum Gasteiger partial charge on any atom is -0.277 e. The largest absolute Gasteiger partial charge is 0.277 e. The Labute approximate surface area is 117 Å². The Morgan fingerprint density at radius 2 is 2.00 bits per heavy atom. The molecular formula is C10H7BrClN3O2S. The molecule has 0 unspecified atom stereocenters. The molecular weight excluding hydrogens is 342 g/mol. The van der Waals surface area contributed by atoms with Crippen LogP contribution in [0.2, 0.25) is 5.15 Å². The third-order valence-corrected chi connectivity index (χ3v) is 4.22. The Morgan fingerprint density at radius 3 is 2.61 bits per heavy atom. The highest BCUT2D eigenvalue weighted by Crippen LogP contribution is 2.22. The van der Waals surface area contributed by atoms with E-state index in [1.807, 2.05) is 0 Å².